The van der Waals surface area contributed by atoms with Gasteiger partial charge in [-0.3, -0.25) is 0 Å². The van der Waals surface area contributed by atoms with Crippen LogP contribution in [0.2, 0.25) is 0 Å². The van der Waals surface area contributed by atoms with E-state index in [1.807, 2.05) is 0 Å². The lowest BCUT2D eigenvalue weighted by atomic mass is 10.0. The summed E-state index contributed by atoms with van der Waals surface area (Å²) in [6, 6.07) is 3.64. The molecule has 1 aromatic carbocycles. The second-order valence-electron chi connectivity index (χ2n) is 10.0. The smallest absolute Gasteiger partial charge is 0.124 e. The van der Waals surface area contributed by atoms with E-state index in [1.165, 1.54) is 115 Å². The molecule has 1 N–H and O–H groups in total. The molecule has 0 amide bonds. The van der Waals surface area contributed by atoms with Crippen LogP contribution >= 0.6 is 0 Å². The van der Waals surface area contributed by atoms with E-state index in [2.05, 4.69) is 28.1 Å². The Bertz CT molecular complexity index is 696. The van der Waals surface area contributed by atoms with Crippen LogP contribution in [0, 0.1) is 6.92 Å². The van der Waals surface area contributed by atoms with Crippen LogP contribution in [0.25, 0.3) is 0 Å². The first-order valence-electron chi connectivity index (χ1n) is 12.5. The lowest BCUT2D eigenvalue weighted by Crippen LogP contribution is -2.35. The van der Waals surface area contributed by atoms with E-state index < -0.39 is 10.1 Å². The molecule has 0 bridgehead atoms. The molecule has 0 saturated heterocycles. The summed E-state index contributed by atoms with van der Waals surface area (Å²) >= 11 is 0. The van der Waals surface area contributed by atoms with Crippen molar-refractivity contribution in [3.8, 4) is 5.75 Å². The maximum Gasteiger partial charge on any atom is 0.124 e. The Kier molecular flexibility index (Phi) is 16.8. The summed E-state index contributed by atoms with van der Waals surface area (Å²) in [5.74, 6) is -0.227. The zero-order valence-corrected chi connectivity index (χ0v) is 22.2. The summed E-state index contributed by atoms with van der Waals surface area (Å²) in [7, 11) is 2.42. The number of unbranched alkanes of at least 4 members (excludes halogenated alkanes) is 13. The molecule has 1 aromatic rings. The van der Waals surface area contributed by atoms with Crippen molar-refractivity contribution < 1.29 is 22.6 Å². The standard InChI is InChI=1S/C19H42N.C7H8O4S/c1-5-6-7-8-9-10-11-12-13-14-15-16-17-18-19-20(2,3)4;1-5-2-3-6(8)4-7(5)12(9,10)11/h5-19H2,1-4H3;2-4,8H,1H3,(H,9,10,11)/q+1;/p-1. The minimum atomic E-state index is -4.47. The minimum absolute atomic E-state index is 0.227. The van der Waals surface area contributed by atoms with Crippen LogP contribution in [0.15, 0.2) is 23.1 Å². The van der Waals surface area contributed by atoms with E-state index in [1.54, 1.807) is 0 Å². The Hall–Kier alpha value is -1.11. The van der Waals surface area contributed by atoms with Gasteiger partial charge in [-0.25, -0.2) is 8.42 Å². The van der Waals surface area contributed by atoms with Gasteiger partial charge < -0.3 is 14.1 Å². The average molecular weight is 472 g/mol. The number of benzene rings is 1. The van der Waals surface area contributed by atoms with Gasteiger partial charge in [0.05, 0.1) is 32.6 Å². The van der Waals surface area contributed by atoms with Gasteiger partial charge in [0.15, 0.2) is 0 Å². The number of aromatic hydroxyl groups is 1. The Labute approximate surface area is 198 Å². The van der Waals surface area contributed by atoms with Crippen molar-refractivity contribution in [3.63, 3.8) is 0 Å². The SMILES string of the molecule is CCCCCCCCCCCCCCCC[N+](C)(C)C.Cc1ccc(O)cc1S(=O)(=O)[O-]. The fourth-order valence-electron chi connectivity index (χ4n) is 3.64. The highest BCUT2D eigenvalue weighted by atomic mass is 32.2. The maximum absolute atomic E-state index is 10.5. The van der Waals surface area contributed by atoms with Gasteiger partial charge >= 0.3 is 0 Å². The Morgan fingerprint density at radius 3 is 1.53 bits per heavy atom. The normalized spacial score (nSPS) is 11.8. The van der Waals surface area contributed by atoms with E-state index in [-0.39, 0.29) is 10.6 Å². The van der Waals surface area contributed by atoms with Gasteiger partial charge in [0.25, 0.3) is 0 Å². The highest BCUT2D eigenvalue weighted by Gasteiger charge is 2.06. The zero-order chi connectivity index (χ0) is 24.5. The average Bonchev–Trinajstić information content (AvgIpc) is 2.69. The van der Waals surface area contributed by atoms with E-state index >= 15 is 0 Å². The molecule has 0 radical (unpaired) electrons. The molecule has 5 nitrogen and oxygen atoms in total. The number of aryl methyl sites for hydroxylation is 1. The van der Waals surface area contributed by atoms with Crippen molar-refractivity contribution >= 4 is 10.1 Å². The number of phenolic OH excluding ortho intramolecular Hbond substituents is 1. The van der Waals surface area contributed by atoms with Gasteiger partial charge in [0, 0.05) is 0 Å². The third-order valence-corrected chi connectivity index (χ3v) is 6.60. The van der Waals surface area contributed by atoms with Gasteiger partial charge in [0.1, 0.15) is 15.9 Å². The molecular weight excluding hydrogens is 422 g/mol. The molecule has 188 valence electrons. The molecule has 0 spiro atoms. The second kappa shape index (κ2) is 17.4. The fourth-order valence-corrected chi connectivity index (χ4v) is 4.37. The first kappa shape index (κ1) is 30.9. The molecule has 6 heteroatoms. The molecule has 0 aliphatic heterocycles. The first-order valence-corrected chi connectivity index (χ1v) is 13.9. The van der Waals surface area contributed by atoms with Gasteiger partial charge in [-0.2, -0.15) is 0 Å². The third kappa shape index (κ3) is 18.5. The van der Waals surface area contributed by atoms with Crippen LogP contribution in [0.3, 0.4) is 0 Å². The number of quaternary nitrogens is 1. The van der Waals surface area contributed by atoms with Crippen molar-refractivity contribution in [1.29, 1.82) is 0 Å². The fraction of sp³-hybridized carbons (Fsp3) is 0.769. The summed E-state index contributed by atoms with van der Waals surface area (Å²) in [6.07, 6.45) is 20.4. The highest BCUT2D eigenvalue weighted by Crippen LogP contribution is 2.19. The molecular formula is C26H49NO4S. The first-order chi connectivity index (χ1) is 15.0. The van der Waals surface area contributed by atoms with E-state index in [4.69, 9.17) is 5.11 Å². The predicted octanol–water partition coefficient (Wildman–Crippen LogP) is 6.78. The van der Waals surface area contributed by atoms with Crippen molar-refractivity contribution in [2.75, 3.05) is 27.7 Å². The summed E-state index contributed by atoms with van der Waals surface area (Å²) < 4.78 is 32.7. The van der Waals surface area contributed by atoms with Crippen LogP contribution in [0.4, 0.5) is 0 Å². The third-order valence-electron chi connectivity index (χ3n) is 5.62. The predicted molar refractivity (Wildman–Crippen MR) is 134 cm³/mol. The van der Waals surface area contributed by atoms with Crippen LogP contribution in [0.1, 0.15) is 102 Å². The number of hydrogen-bond donors (Lipinski definition) is 1. The molecule has 0 atom stereocenters. The summed E-state index contributed by atoms with van der Waals surface area (Å²) in [5, 5.41) is 8.90. The van der Waals surface area contributed by atoms with Crippen LogP contribution in [0.5, 0.6) is 5.75 Å². The Balaban J connectivity index is 0.000000677. The molecule has 0 aromatic heterocycles. The zero-order valence-electron chi connectivity index (χ0n) is 21.4. The molecule has 0 aliphatic carbocycles. The molecule has 0 unspecified atom stereocenters. The highest BCUT2D eigenvalue weighted by molar-refractivity contribution is 7.85. The molecule has 0 heterocycles. The quantitative estimate of drug-likeness (QED) is 0.164. The van der Waals surface area contributed by atoms with Gasteiger partial charge in [-0.15, -0.1) is 0 Å². The van der Waals surface area contributed by atoms with E-state index in [9.17, 15) is 13.0 Å². The number of nitrogens with zero attached hydrogens (tertiary/aromatic N) is 1. The van der Waals surface area contributed by atoms with Crippen LogP contribution in [-0.2, 0) is 10.1 Å². The second-order valence-corrected chi connectivity index (χ2v) is 11.4. The van der Waals surface area contributed by atoms with Crippen molar-refractivity contribution in [2.45, 2.75) is 109 Å². The van der Waals surface area contributed by atoms with Crippen LogP contribution < -0.4 is 0 Å². The largest absolute Gasteiger partial charge is 0.744 e. The number of rotatable bonds is 16. The summed E-state index contributed by atoms with van der Waals surface area (Å²) in [5.41, 5.74) is 0.336. The molecule has 0 aliphatic rings. The Morgan fingerprint density at radius 1 is 0.781 bits per heavy atom. The lowest BCUT2D eigenvalue weighted by Gasteiger charge is -2.23. The van der Waals surface area contributed by atoms with E-state index in [0.29, 0.717) is 5.56 Å². The van der Waals surface area contributed by atoms with Gasteiger partial charge in [0.2, 0.25) is 0 Å². The number of hydrogen-bond acceptors (Lipinski definition) is 4. The molecule has 0 fully saturated rings. The lowest BCUT2D eigenvalue weighted by molar-refractivity contribution is -0.870. The van der Waals surface area contributed by atoms with Crippen LogP contribution in [-0.4, -0.2) is 50.2 Å². The van der Waals surface area contributed by atoms with Crippen molar-refractivity contribution in [2.24, 2.45) is 0 Å². The summed E-state index contributed by atoms with van der Waals surface area (Å²) in [6.45, 7) is 5.12. The van der Waals surface area contributed by atoms with Crippen molar-refractivity contribution in [1.82, 2.24) is 0 Å². The molecule has 32 heavy (non-hydrogen) atoms. The molecule has 1 rings (SSSR count). The maximum atomic E-state index is 10.5. The van der Waals surface area contributed by atoms with E-state index in [0.717, 1.165) is 10.5 Å². The van der Waals surface area contributed by atoms with Gasteiger partial charge in [-0.1, -0.05) is 90.0 Å². The van der Waals surface area contributed by atoms with Crippen molar-refractivity contribution in [3.05, 3.63) is 23.8 Å². The van der Waals surface area contributed by atoms with Gasteiger partial charge in [-0.05, 0) is 37.5 Å². The monoisotopic (exact) mass is 471 g/mol. The number of phenols is 1. The topological polar surface area (TPSA) is 77.4 Å². The minimum Gasteiger partial charge on any atom is -0.744 e. The molecule has 0 saturated carbocycles. The summed E-state index contributed by atoms with van der Waals surface area (Å²) in [4.78, 5) is -0.373. The Morgan fingerprint density at radius 2 is 1.19 bits per heavy atom.